The fraction of sp³-hybridized carbons (Fsp3) is 0.182. The zero-order chi connectivity index (χ0) is 11.5. The van der Waals surface area contributed by atoms with Gasteiger partial charge in [0.25, 0.3) is 0 Å². The molecule has 1 heterocycles. The molecular formula is C11H9Cl2FN2. The van der Waals surface area contributed by atoms with E-state index in [1.807, 2.05) is 0 Å². The molecule has 1 aromatic heterocycles. The number of halogens is 3. The number of hydrogen-bond acceptors (Lipinski definition) is 1. The number of nitrogens with zero attached hydrogens (tertiary/aromatic N) is 2. The third-order valence-corrected chi connectivity index (χ3v) is 2.77. The van der Waals surface area contributed by atoms with E-state index in [1.54, 1.807) is 29.2 Å². The lowest BCUT2D eigenvalue weighted by molar-refractivity contribution is 0.600. The van der Waals surface area contributed by atoms with Crippen LogP contribution in [0.5, 0.6) is 0 Å². The van der Waals surface area contributed by atoms with Crippen LogP contribution in [0.4, 0.5) is 4.39 Å². The van der Waals surface area contributed by atoms with Gasteiger partial charge in [0, 0.05) is 11.8 Å². The highest BCUT2D eigenvalue weighted by atomic mass is 35.5. The van der Waals surface area contributed by atoms with Crippen LogP contribution in [-0.2, 0) is 12.4 Å². The van der Waals surface area contributed by atoms with Gasteiger partial charge in [0.15, 0.2) is 0 Å². The van der Waals surface area contributed by atoms with Gasteiger partial charge in [-0.2, -0.15) is 0 Å². The smallest absolute Gasteiger partial charge is 0.146 e. The highest BCUT2D eigenvalue weighted by molar-refractivity contribution is 6.30. The van der Waals surface area contributed by atoms with Crippen LogP contribution in [0, 0.1) is 5.82 Å². The fourth-order valence-electron chi connectivity index (χ4n) is 1.43. The summed E-state index contributed by atoms with van der Waals surface area (Å²) in [6.07, 6.45) is 3.41. The third-order valence-electron chi connectivity index (χ3n) is 2.21. The Kier molecular flexibility index (Phi) is 3.46. The summed E-state index contributed by atoms with van der Waals surface area (Å²) in [4.78, 5) is 4.06. The predicted molar refractivity (Wildman–Crippen MR) is 62.3 cm³/mol. The highest BCUT2D eigenvalue weighted by Crippen LogP contribution is 2.18. The predicted octanol–water partition coefficient (Wildman–Crippen LogP) is 3.46. The number of rotatable bonds is 3. The second-order valence-electron chi connectivity index (χ2n) is 3.38. The topological polar surface area (TPSA) is 17.8 Å². The van der Waals surface area contributed by atoms with E-state index in [1.165, 1.54) is 6.07 Å². The first-order chi connectivity index (χ1) is 7.70. The van der Waals surface area contributed by atoms with E-state index < -0.39 is 0 Å². The fourth-order valence-corrected chi connectivity index (χ4v) is 1.76. The molecule has 0 fully saturated rings. The number of benzene rings is 1. The van der Waals surface area contributed by atoms with Crippen molar-refractivity contribution in [3.63, 3.8) is 0 Å². The average molecular weight is 259 g/mol. The molecule has 0 saturated carbocycles. The lowest BCUT2D eigenvalue weighted by Crippen LogP contribution is -1.99. The van der Waals surface area contributed by atoms with Crippen molar-refractivity contribution in [3.05, 3.63) is 52.8 Å². The summed E-state index contributed by atoms with van der Waals surface area (Å²) >= 11 is 11.3. The molecule has 2 rings (SSSR count). The highest BCUT2D eigenvalue weighted by Gasteiger charge is 2.07. The van der Waals surface area contributed by atoms with Crippen molar-refractivity contribution in [1.29, 1.82) is 0 Å². The van der Waals surface area contributed by atoms with Gasteiger partial charge in [-0.3, -0.25) is 0 Å². The van der Waals surface area contributed by atoms with Crippen LogP contribution in [0.15, 0.2) is 30.7 Å². The van der Waals surface area contributed by atoms with Gasteiger partial charge in [-0.05, 0) is 6.07 Å². The van der Waals surface area contributed by atoms with Crippen LogP contribution >= 0.6 is 23.2 Å². The molecule has 0 atom stereocenters. The number of aromatic nitrogens is 2. The Balaban J connectivity index is 2.23. The maximum Gasteiger partial charge on any atom is 0.146 e. The molecule has 0 saturated heterocycles. The lowest BCUT2D eigenvalue weighted by atomic mass is 10.2. The summed E-state index contributed by atoms with van der Waals surface area (Å²) in [7, 11) is 0. The minimum absolute atomic E-state index is 0.134. The van der Waals surface area contributed by atoms with E-state index in [0.29, 0.717) is 18.0 Å². The van der Waals surface area contributed by atoms with E-state index in [-0.39, 0.29) is 10.8 Å². The van der Waals surface area contributed by atoms with Crippen molar-refractivity contribution in [2.24, 2.45) is 0 Å². The summed E-state index contributed by atoms with van der Waals surface area (Å²) in [5.74, 6) is -0.0318. The van der Waals surface area contributed by atoms with Gasteiger partial charge in [0.2, 0.25) is 0 Å². The Morgan fingerprint density at radius 2 is 2.19 bits per heavy atom. The second kappa shape index (κ2) is 4.85. The van der Waals surface area contributed by atoms with Crippen molar-refractivity contribution in [1.82, 2.24) is 9.55 Å². The third kappa shape index (κ3) is 2.36. The minimum Gasteiger partial charge on any atom is -0.333 e. The molecule has 0 N–H and O–H groups in total. The molecule has 0 aliphatic carbocycles. The lowest BCUT2D eigenvalue weighted by Gasteiger charge is -2.04. The largest absolute Gasteiger partial charge is 0.333 e. The van der Waals surface area contributed by atoms with Crippen LogP contribution in [0.3, 0.4) is 0 Å². The molecule has 5 heteroatoms. The Morgan fingerprint density at radius 3 is 2.88 bits per heavy atom. The SMILES string of the molecule is Fc1c(Cl)cccc1Cn1cnc(CCl)c1. The summed E-state index contributed by atoms with van der Waals surface area (Å²) < 4.78 is 15.4. The molecule has 0 unspecified atom stereocenters. The van der Waals surface area contributed by atoms with E-state index in [4.69, 9.17) is 23.2 Å². The maximum absolute atomic E-state index is 13.6. The van der Waals surface area contributed by atoms with Crippen molar-refractivity contribution in [2.45, 2.75) is 12.4 Å². The van der Waals surface area contributed by atoms with E-state index in [0.717, 1.165) is 5.69 Å². The average Bonchev–Trinajstić information content (AvgIpc) is 2.73. The van der Waals surface area contributed by atoms with Crippen molar-refractivity contribution in [3.8, 4) is 0 Å². The molecule has 84 valence electrons. The Hall–Kier alpha value is -1.06. The van der Waals surface area contributed by atoms with Crippen LogP contribution in [0.1, 0.15) is 11.3 Å². The van der Waals surface area contributed by atoms with Gasteiger partial charge in [-0.1, -0.05) is 23.7 Å². The summed E-state index contributed by atoms with van der Waals surface area (Å²) in [5, 5.41) is 0.134. The first kappa shape index (κ1) is 11.4. The maximum atomic E-state index is 13.6. The molecule has 0 radical (unpaired) electrons. The van der Waals surface area contributed by atoms with E-state index in [9.17, 15) is 4.39 Å². The molecule has 0 amide bonds. The normalized spacial score (nSPS) is 10.7. The zero-order valence-corrected chi connectivity index (χ0v) is 9.84. The van der Waals surface area contributed by atoms with E-state index >= 15 is 0 Å². The Morgan fingerprint density at radius 1 is 1.38 bits per heavy atom. The molecule has 0 bridgehead atoms. The number of hydrogen-bond donors (Lipinski definition) is 0. The quantitative estimate of drug-likeness (QED) is 0.772. The van der Waals surface area contributed by atoms with E-state index in [2.05, 4.69) is 4.98 Å². The van der Waals surface area contributed by atoms with Crippen molar-refractivity contribution >= 4 is 23.2 Å². The summed E-state index contributed by atoms with van der Waals surface area (Å²) in [5.41, 5.74) is 1.30. The second-order valence-corrected chi connectivity index (χ2v) is 4.06. The van der Waals surface area contributed by atoms with Gasteiger partial charge < -0.3 is 4.57 Å². The molecule has 0 aliphatic heterocycles. The van der Waals surface area contributed by atoms with Crippen LogP contribution in [0.2, 0.25) is 5.02 Å². The monoisotopic (exact) mass is 258 g/mol. The summed E-state index contributed by atoms with van der Waals surface area (Å²) in [6.45, 7) is 0.399. The van der Waals surface area contributed by atoms with Crippen LogP contribution in [-0.4, -0.2) is 9.55 Å². The van der Waals surface area contributed by atoms with Gasteiger partial charge in [0.1, 0.15) is 5.82 Å². The molecule has 0 aliphatic rings. The molecule has 2 nitrogen and oxygen atoms in total. The number of alkyl halides is 1. The first-order valence-electron chi connectivity index (χ1n) is 4.70. The van der Waals surface area contributed by atoms with Gasteiger partial charge in [0.05, 0.1) is 29.5 Å². The standard InChI is InChI=1S/C11H9Cl2FN2/c12-4-9-6-16(7-15-9)5-8-2-1-3-10(13)11(8)14/h1-3,6-7H,4-5H2. The minimum atomic E-state index is -0.384. The Bertz CT molecular complexity index is 496. The molecule has 16 heavy (non-hydrogen) atoms. The molecule has 0 spiro atoms. The number of imidazole rings is 1. The molecule has 1 aromatic carbocycles. The molecule has 2 aromatic rings. The summed E-state index contributed by atoms with van der Waals surface area (Å²) in [6, 6.07) is 4.94. The zero-order valence-electron chi connectivity index (χ0n) is 8.33. The van der Waals surface area contributed by atoms with Crippen molar-refractivity contribution < 1.29 is 4.39 Å². The van der Waals surface area contributed by atoms with Gasteiger partial charge in [-0.25, -0.2) is 9.37 Å². The van der Waals surface area contributed by atoms with Gasteiger partial charge >= 0.3 is 0 Å². The van der Waals surface area contributed by atoms with Crippen LogP contribution in [0.25, 0.3) is 0 Å². The molecular weight excluding hydrogens is 250 g/mol. The Labute approximate surface area is 103 Å². The van der Waals surface area contributed by atoms with Crippen molar-refractivity contribution in [2.75, 3.05) is 0 Å². The first-order valence-corrected chi connectivity index (χ1v) is 5.61. The van der Waals surface area contributed by atoms with Gasteiger partial charge in [-0.15, -0.1) is 11.6 Å². The van der Waals surface area contributed by atoms with Crippen LogP contribution < -0.4 is 0 Å².